The normalized spacial score (nSPS) is 10.5. The van der Waals surface area contributed by atoms with E-state index in [9.17, 15) is 4.79 Å². The Bertz CT molecular complexity index is 684. The highest BCUT2D eigenvalue weighted by Crippen LogP contribution is 2.17. The summed E-state index contributed by atoms with van der Waals surface area (Å²) in [5.74, 6) is -0.431. The van der Waals surface area contributed by atoms with Crippen LogP contribution < -0.4 is 0 Å². The van der Waals surface area contributed by atoms with Crippen LogP contribution in [0.15, 0.2) is 36.4 Å². The predicted molar refractivity (Wildman–Crippen MR) is 72.1 cm³/mol. The van der Waals surface area contributed by atoms with Crippen LogP contribution in [0.5, 0.6) is 0 Å². The molecule has 0 radical (unpaired) electrons. The molecule has 1 aromatic carbocycles. The zero-order valence-corrected chi connectivity index (χ0v) is 10.5. The topological polar surface area (TPSA) is 63.0 Å². The maximum absolute atomic E-state index is 11.3. The molecule has 94 valence electrons. The zero-order valence-electron chi connectivity index (χ0n) is 10.5. The van der Waals surface area contributed by atoms with Crippen molar-refractivity contribution in [1.82, 2.24) is 4.98 Å². The summed E-state index contributed by atoms with van der Waals surface area (Å²) in [5.41, 5.74) is 1.65. The van der Waals surface area contributed by atoms with Gasteiger partial charge in [0.15, 0.2) is 0 Å². The number of rotatable bonds is 3. The first-order valence-electron chi connectivity index (χ1n) is 5.89. The molecule has 0 saturated carbocycles. The highest BCUT2D eigenvalue weighted by Gasteiger charge is 2.04. The quantitative estimate of drug-likeness (QED) is 0.622. The summed E-state index contributed by atoms with van der Waals surface area (Å²) in [6, 6.07) is 11.4. The summed E-state index contributed by atoms with van der Waals surface area (Å²) in [6.07, 6.45) is 2.85. The number of para-hydroxylation sites is 1. The fourth-order valence-electron chi connectivity index (χ4n) is 1.70. The van der Waals surface area contributed by atoms with Crippen LogP contribution in [0.25, 0.3) is 17.0 Å². The van der Waals surface area contributed by atoms with Crippen molar-refractivity contribution in [3.05, 3.63) is 47.7 Å². The van der Waals surface area contributed by atoms with E-state index in [-0.39, 0.29) is 0 Å². The van der Waals surface area contributed by atoms with Crippen LogP contribution in [-0.4, -0.2) is 17.6 Å². The third kappa shape index (κ3) is 2.96. The Balaban J connectivity index is 2.42. The summed E-state index contributed by atoms with van der Waals surface area (Å²) < 4.78 is 4.80. The summed E-state index contributed by atoms with van der Waals surface area (Å²) in [7, 11) is 0. The largest absolute Gasteiger partial charge is 0.463 e. The Kier molecular flexibility index (Phi) is 3.89. The van der Waals surface area contributed by atoms with Crippen molar-refractivity contribution in [3.63, 3.8) is 0 Å². The molecule has 0 amide bonds. The lowest BCUT2D eigenvalue weighted by atomic mass is 10.1. The molecule has 0 fully saturated rings. The number of hydrogen-bond acceptors (Lipinski definition) is 4. The van der Waals surface area contributed by atoms with Crippen LogP contribution in [0.3, 0.4) is 0 Å². The number of carbonyl (C=O) groups excluding carboxylic acids is 1. The van der Waals surface area contributed by atoms with Gasteiger partial charge in [-0.2, -0.15) is 5.26 Å². The standard InChI is InChI=1S/C15H12N2O2/c1-2-19-15(18)8-7-12-9-11-5-3-4-6-13(11)17-14(12)10-16/h3-9H,2H2,1H3. The van der Waals surface area contributed by atoms with E-state index in [1.54, 1.807) is 13.0 Å². The molecule has 2 rings (SSSR count). The number of esters is 1. The number of benzene rings is 1. The Morgan fingerprint density at radius 1 is 1.47 bits per heavy atom. The van der Waals surface area contributed by atoms with Crippen molar-refractivity contribution in [1.29, 1.82) is 5.26 Å². The average molecular weight is 252 g/mol. The number of ether oxygens (including phenoxy) is 1. The van der Waals surface area contributed by atoms with E-state index in [0.29, 0.717) is 17.9 Å². The number of aromatic nitrogens is 1. The lowest BCUT2D eigenvalue weighted by Gasteiger charge is -2.01. The molecule has 0 spiro atoms. The summed E-state index contributed by atoms with van der Waals surface area (Å²) in [4.78, 5) is 15.5. The van der Waals surface area contributed by atoms with Crippen molar-refractivity contribution in [2.45, 2.75) is 6.92 Å². The van der Waals surface area contributed by atoms with Gasteiger partial charge in [0.05, 0.1) is 12.1 Å². The van der Waals surface area contributed by atoms with Gasteiger partial charge in [-0.25, -0.2) is 9.78 Å². The highest BCUT2D eigenvalue weighted by atomic mass is 16.5. The molecule has 2 aromatic rings. The fraction of sp³-hybridized carbons (Fsp3) is 0.133. The van der Waals surface area contributed by atoms with Gasteiger partial charge in [0.1, 0.15) is 11.8 Å². The molecule has 19 heavy (non-hydrogen) atoms. The van der Waals surface area contributed by atoms with Crippen molar-refractivity contribution in [2.24, 2.45) is 0 Å². The van der Waals surface area contributed by atoms with Crippen molar-refractivity contribution in [3.8, 4) is 6.07 Å². The van der Waals surface area contributed by atoms with Gasteiger partial charge in [-0.05, 0) is 25.1 Å². The monoisotopic (exact) mass is 252 g/mol. The van der Waals surface area contributed by atoms with Gasteiger partial charge in [-0.3, -0.25) is 0 Å². The van der Waals surface area contributed by atoms with E-state index in [1.165, 1.54) is 6.08 Å². The third-order valence-electron chi connectivity index (χ3n) is 2.54. The van der Waals surface area contributed by atoms with E-state index in [4.69, 9.17) is 10.00 Å². The minimum atomic E-state index is -0.431. The molecule has 0 atom stereocenters. The first-order chi connectivity index (χ1) is 9.24. The lowest BCUT2D eigenvalue weighted by molar-refractivity contribution is -0.137. The predicted octanol–water partition coefficient (Wildman–Crippen LogP) is 2.68. The number of pyridine rings is 1. The second-order valence-corrected chi connectivity index (χ2v) is 3.82. The molecule has 0 N–H and O–H groups in total. The number of nitriles is 1. The van der Waals surface area contributed by atoms with Crippen LogP contribution in [0.2, 0.25) is 0 Å². The first-order valence-corrected chi connectivity index (χ1v) is 5.89. The summed E-state index contributed by atoms with van der Waals surface area (Å²) in [6.45, 7) is 2.06. The van der Waals surface area contributed by atoms with Crippen molar-refractivity contribution >= 4 is 22.9 Å². The van der Waals surface area contributed by atoms with Crippen LogP contribution in [0.1, 0.15) is 18.2 Å². The maximum Gasteiger partial charge on any atom is 0.330 e. The molecule has 0 aliphatic rings. The number of nitrogens with zero attached hydrogens (tertiary/aromatic N) is 2. The van der Waals surface area contributed by atoms with Gasteiger partial charge in [-0.15, -0.1) is 0 Å². The molecule has 0 aliphatic carbocycles. The van der Waals surface area contributed by atoms with Crippen LogP contribution in [-0.2, 0) is 9.53 Å². The van der Waals surface area contributed by atoms with Gasteiger partial charge in [0.2, 0.25) is 0 Å². The first kappa shape index (κ1) is 12.8. The van der Waals surface area contributed by atoms with Crippen molar-refractivity contribution in [2.75, 3.05) is 6.61 Å². The number of carbonyl (C=O) groups is 1. The molecule has 0 aliphatic heterocycles. The van der Waals surface area contributed by atoms with E-state index >= 15 is 0 Å². The van der Waals surface area contributed by atoms with Gasteiger partial charge in [0, 0.05) is 17.0 Å². The summed E-state index contributed by atoms with van der Waals surface area (Å²) in [5, 5.41) is 10.0. The number of fused-ring (bicyclic) bond motifs is 1. The van der Waals surface area contributed by atoms with E-state index in [2.05, 4.69) is 4.98 Å². The van der Waals surface area contributed by atoms with Crippen LogP contribution >= 0.6 is 0 Å². The highest BCUT2D eigenvalue weighted by molar-refractivity contribution is 5.89. The number of hydrogen-bond donors (Lipinski definition) is 0. The molecular weight excluding hydrogens is 240 g/mol. The molecule has 0 bridgehead atoms. The minimum absolute atomic E-state index is 0.291. The second-order valence-electron chi connectivity index (χ2n) is 3.82. The van der Waals surface area contributed by atoms with E-state index < -0.39 is 5.97 Å². The SMILES string of the molecule is CCOC(=O)C=Cc1cc2ccccc2nc1C#N. The second kappa shape index (κ2) is 5.78. The molecule has 4 nitrogen and oxygen atoms in total. The Morgan fingerprint density at radius 3 is 3.00 bits per heavy atom. The molecular formula is C15H12N2O2. The molecule has 0 unspecified atom stereocenters. The Hall–Kier alpha value is -2.67. The van der Waals surface area contributed by atoms with E-state index in [0.717, 1.165) is 10.9 Å². The Labute approximate surface area is 111 Å². The van der Waals surface area contributed by atoms with Gasteiger partial charge in [-0.1, -0.05) is 18.2 Å². The lowest BCUT2D eigenvalue weighted by Crippen LogP contribution is -1.99. The van der Waals surface area contributed by atoms with Crippen molar-refractivity contribution < 1.29 is 9.53 Å². The van der Waals surface area contributed by atoms with E-state index in [1.807, 2.05) is 36.4 Å². The maximum atomic E-state index is 11.3. The molecule has 1 heterocycles. The van der Waals surface area contributed by atoms with Gasteiger partial charge >= 0.3 is 5.97 Å². The smallest absolute Gasteiger partial charge is 0.330 e. The minimum Gasteiger partial charge on any atom is -0.463 e. The molecule has 4 heteroatoms. The van der Waals surface area contributed by atoms with Crippen LogP contribution in [0, 0.1) is 11.3 Å². The van der Waals surface area contributed by atoms with Gasteiger partial charge in [0.25, 0.3) is 0 Å². The third-order valence-corrected chi connectivity index (χ3v) is 2.54. The van der Waals surface area contributed by atoms with Crippen LogP contribution in [0.4, 0.5) is 0 Å². The zero-order chi connectivity index (χ0) is 13.7. The average Bonchev–Trinajstić information content (AvgIpc) is 2.44. The summed E-state index contributed by atoms with van der Waals surface area (Å²) >= 11 is 0. The fourth-order valence-corrected chi connectivity index (χ4v) is 1.70. The molecule has 0 saturated heterocycles. The molecule has 1 aromatic heterocycles. The Morgan fingerprint density at radius 2 is 2.26 bits per heavy atom. The van der Waals surface area contributed by atoms with Gasteiger partial charge < -0.3 is 4.74 Å².